The second-order valence-corrected chi connectivity index (χ2v) is 8.51. The summed E-state index contributed by atoms with van der Waals surface area (Å²) in [5.74, 6) is 1.20. The highest BCUT2D eigenvalue weighted by Gasteiger charge is 2.33. The summed E-state index contributed by atoms with van der Waals surface area (Å²) in [5, 5.41) is 18.4. The van der Waals surface area contributed by atoms with Gasteiger partial charge in [0.15, 0.2) is 17.2 Å². The van der Waals surface area contributed by atoms with E-state index >= 15 is 0 Å². The summed E-state index contributed by atoms with van der Waals surface area (Å²) in [5.41, 5.74) is 1.23. The lowest BCUT2D eigenvalue weighted by molar-refractivity contribution is 0.0417. The molecule has 0 aromatic heterocycles. The van der Waals surface area contributed by atoms with Gasteiger partial charge in [-0.15, -0.1) is 0 Å². The van der Waals surface area contributed by atoms with Crippen molar-refractivity contribution < 1.29 is 28.9 Å². The number of aliphatic hydroxyl groups excluding tert-OH is 1. The first-order chi connectivity index (χ1) is 16.4. The number of rotatable bonds is 6. The maximum Gasteiger partial charge on any atom is 0.323 e. The number of aliphatic hydroxyl groups is 1. The Morgan fingerprint density at radius 2 is 2.00 bits per heavy atom. The Morgan fingerprint density at radius 3 is 2.76 bits per heavy atom. The number of benzene rings is 2. The molecule has 2 heterocycles. The smallest absolute Gasteiger partial charge is 0.323 e. The Bertz CT molecular complexity index is 1060. The molecule has 34 heavy (non-hydrogen) atoms. The molecule has 0 saturated heterocycles. The minimum atomic E-state index is -0.496. The van der Waals surface area contributed by atoms with Crippen LogP contribution in [-0.2, 0) is 0 Å². The van der Waals surface area contributed by atoms with Gasteiger partial charge in [0, 0.05) is 30.8 Å². The summed E-state index contributed by atoms with van der Waals surface area (Å²) in [6.07, 6.45) is -0.259. The molecule has 0 unspecified atom stereocenters. The summed E-state index contributed by atoms with van der Waals surface area (Å²) < 4.78 is 17.0. The molecule has 3 atom stereocenters. The van der Waals surface area contributed by atoms with Gasteiger partial charge in [-0.05, 0) is 38.2 Å². The van der Waals surface area contributed by atoms with E-state index in [0.717, 1.165) is 0 Å². The number of hydrogen-bond acceptors (Lipinski definition) is 7. The van der Waals surface area contributed by atoms with Crippen molar-refractivity contribution >= 4 is 23.3 Å². The summed E-state index contributed by atoms with van der Waals surface area (Å²) in [6.45, 7) is 4.79. The van der Waals surface area contributed by atoms with Crippen LogP contribution in [0.2, 0.25) is 0 Å². The quantitative estimate of drug-likeness (QED) is 0.512. The van der Waals surface area contributed by atoms with E-state index in [1.165, 1.54) is 0 Å². The second kappa shape index (κ2) is 10.2. The van der Waals surface area contributed by atoms with Crippen molar-refractivity contribution in [3.63, 3.8) is 0 Å². The zero-order valence-corrected chi connectivity index (χ0v) is 19.5. The predicted octanol–water partition coefficient (Wildman–Crippen LogP) is 2.50. The van der Waals surface area contributed by atoms with Crippen molar-refractivity contribution in [3.8, 4) is 17.2 Å². The van der Waals surface area contributed by atoms with Gasteiger partial charge in [-0.3, -0.25) is 4.79 Å². The van der Waals surface area contributed by atoms with Crippen molar-refractivity contribution in [1.29, 1.82) is 0 Å². The number of carbonyl (C=O) groups is 2. The van der Waals surface area contributed by atoms with Crippen molar-refractivity contribution in [3.05, 3.63) is 42.0 Å². The van der Waals surface area contributed by atoms with Crippen LogP contribution in [0.15, 0.2) is 36.4 Å². The zero-order chi connectivity index (χ0) is 24.2. The van der Waals surface area contributed by atoms with Gasteiger partial charge in [-0.2, -0.15) is 0 Å². The number of carbonyl (C=O) groups excluding carboxylic acids is 2. The Balaban J connectivity index is 1.62. The molecule has 10 nitrogen and oxygen atoms in total. The molecule has 0 spiro atoms. The molecule has 0 fully saturated rings. The SMILES string of the molecule is CNC[C@H]1Oc2c(NC(=O)Nc3ccc4c(c3)OCO4)cccc2C(=O)N([C@@H](C)CO)C[C@@H]1C. The van der Waals surface area contributed by atoms with Crippen LogP contribution in [0.25, 0.3) is 0 Å². The molecule has 2 aromatic rings. The third-order valence-electron chi connectivity index (χ3n) is 5.98. The van der Waals surface area contributed by atoms with Crippen molar-refractivity contribution in [2.24, 2.45) is 5.92 Å². The van der Waals surface area contributed by atoms with E-state index in [9.17, 15) is 14.7 Å². The Morgan fingerprint density at radius 1 is 1.21 bits per heavy atom. The minimum absolute atomic E-state index is 0.0194. The normalized spacial score (nSPS) is 20.0. The fourth-order valence-electron chi connectivity index (χ4n) is 4.05. The number of ether oxygens (including phenoxy) is 3. The van der Waals surface area contributed by atoms with Gasteiger partial charge in [0.2, 0.25) is 6.79 Å². The van der Waals surface area contributed by atoms with E-state index in [1.54, 1.807) is 48.2 Å². The zero-order valence-electron chi connectivity index (χ0n) is 19.5. The van der Waals surface area contributed by atoms with Gasteiger partial charge >= 0.3 is 6.03 Å². The van der Waals surface area contributed by atoms with E-state index in [-0.39, 0.29) is 37.4 Å². The second-order valence-electron chi connectivity index (χ2n) is 8.51. The fraction of sp³-hybridized carbons (Fsp3) is 0.417. The molecule has 0 saturated carbocycles. The number of urea groups is 1. The van der Waals surface area contributed by atoms with Gasteiger partial charge in [-0.1, -0.05) is 13.0 Å². The average Bonchev–Trinajstić information content (AvgIpc) is 3.29. The number of para-hydroxylation sites is 1. The van der Waals surface area contributed by atoms with Crippen LogP contribution in [0.5, 0.6) is 17.2 Å². The average molecular weight is 471 g/mol. The number of amides is 3. The third kappa shape index (κ3) is 4.87. The lowest BCUT2D eigenvalue weighted by Gasteiger charge is -2.37. The van der Waals surface area contributed by atoms with Crippen LogP contribution in [0.3, 0.4) is 0 Å². The third-order valence-corrected chi connectivity index (χ3v) is 5.98. The molecule has 0 radical (unpaired) electrons. The van der Waals surface area contributed by atoms with Gasteiger partial charge in [0.1, 0.15) is 6.10 Å². The standard InChI is InChI=1S/C24H30N4O6/c1-14-11-28(15(2)12-29)23(30)17-5-4-6-18(22(17)34-21(14)10-25-3)27-24(31)26-16-7-8-19-20(9-16)33-13-32-19/h4-9,14-15,21,25,29H,10-13H2,1-3H3,(H2,26,27,31)/t14-,15-,21+/m0/s1. The van der Waals surface area contributed by atoms with Crippen LogP contribution < -0.4 is 30.2 Å². The van der Waals surface area contributed by atoms with Gasteiger partial charge in [-0.25, -0.2) is 4.79 Å². The molecular formula is C24H30N4O6. The topological polar surface area (TPSA) is 121 Å². The van der Waals surface area contributed by atoms with Crippen LogP contribution >= 0.6 is 0 Å². The van der Waals surface area contributed by atoms with Crippen LogP contribution in [0.4, 0.5) is 16.2 Å². The molecule has 10 heteroatoms. The molecule has 3 amide bonds. The molecule has 2 aliphatic heterocycles. The fourth-order valence-corrected chi connectivity index (χ4v) is 4.05. The molecule has 0 aliphatic carbocycles. The summed E-state index contributed by atoms with van der Waals surface area (Å²) in [6, 6.07) is 9.30. The summed E-state index contributed by atoms with van der Waals surface area (Å²) >= 11 is 0. The van der Waals surface area contributed by atoms with Crippen LogP contribution in [0.1, 0.15) is 24.2 Å². The molecular weight excluding hydrogens is 440 g/mol. The number of nitrogens with zero attached hydrogens (tertiary/aromatic N) is 1. The summed E-state index contributed by atoms with van der Waals surface area (Å²) in [4.78, 5) is 27.9. The molecule has 2 aliphatic rings. The molecule has 4 rings (SSSR count). The monoisotopic (exact) mass is 470 g/mol. The van der Waals surface area contributed by atoms with Crippen molar-refractivity contribution in [2.75, 3.05) is 44.2 Å². The molecule has 0 bridgehead atoms. The van der Waals surface area contributed by atoms with E-state index in [0.29, 0.717) is 47.3 Å². The van der Waals surface area contributed by atoms with Gasteiger partial charge < -0.3 is 40.2 Å². The first-order valence-electron chi connectivity index (χ1n) is 11.2. The Kier molecular flexibility index (Phi) is 7.09. The molecule has 4 N–H and O–H groups in total. The van der Waals surface area contributed by atoms with Crippen molar-refractivity contribution in [1.82, 2.24) is 10.2 Å². The Labute approximate surface area is 198 Å². The number of hydrogen-bond donors (Lipinski definition) is 4. The predicted molar refractivity (Wildman–Crippen MR) is 127 cm³/mol. The largest absolute Gasteiger partial charge is 0.486 e. The van der Waals surface area contributed by atoms with Crippen LogP contribution in [-0.4, -0.2) is 67.6 Å². The summed E-state index contributed by atoms with van der Waals surface area (Å²) in [7, 11) is 1.83. The number of likely N-dealkylation sites (N-methyl/N-ethyl adjacent to an activating group) is 1. The molecule has 2 aromatic carbocycles. The van der Waals surface area contributed by atoms with E-state index < -0.39 is 6.03 Å². The number of anilines is 2. The lowest BCUT2D eigenvalue weighted by atomic mass is 9.99. The minimum Gasteiger partial charge on any atom is -0.486 e. The van der Waals surface area contributed by atoms with Gasteiger partial charge in [0.05, 0.1) is 23.9 Å². The highest BCUT2D eigenvalue weighted by Crippen LogP contribution is 2.36. The maximum absolute atomic E-state index is 13.4. The van der Waals surface area contributed by atoms with E-state index in [4.69, 9.17) is 14.2 Å². The maximum atomic E-state index is 13.4. The van der Waals surface area contributed by atoms with E-state index in [2.05, 4.69) is 16.0 Å². The first kappa shape index (κ1) is 23.7. The van der Waals surface area contributed by atoms with Crippen molar-refractivity contribution in [2.45, 2.75) is 26.0 Å². The lowest BCUT2D eigenvalue weighted by Crippen LogP contribution is -2.49. The number of fused-ring (bicyclic) bond motifs is 2. The highest BCUT2D eigenvalue weighted by atomic mass is 16.7. The number of nitrogens with one attached hydrogen (secondary N) is 3. The van der Waals surface area contributed by atoms with E-state index in [1.807, 2.05) is 14.0 Å². The van der Waals surface area contributed by atoms with Gasteiger partial charge in [0.25, 0.3) is 5.91 Å². The highest BCUT2D eigenvalue weighted by molar-refractivity contribution is 6.04. The van der Waals surface area contributed by atoms with Crippen LogP contribution in [0, 0.1) is 5.92 Å². The molecule has 182 valence electrons. The Hall–Kier alpha value is -3.50. The first-order valence-corrected chi connectivity index (χ1v) is 11.2.